The predicted octanol–water partition coefficient (Wildman–Crippen LogP) is 4.47. The molecule has 0 fully saturated rings. The Labute approximate surface area is 196 Å². The van der Waals surface area contributed by atoms with E-state index in [4.69, 9.17) is 18.9 Å². The monoisotopic (exact) mass is 470 g/mol. The van der Waals surface area contributed by atoms with Gasteiger partial charge < -0.3 is 28.8 Å². The quantitative estimate of drug-likeness (QED) is 0.458. The second-order valence-corrected chi connectivity index (χ2v) is 8.59. The number of anilines is 1. The van der Waals surface area contributed by atoms with Gasteiger partial charge in [-0.25, -0.2) is 0 Å². The molecule has 2 aromatic carbocycles. The lowest BCUT2D eigenvalue weighted by Crippen LogP contribution is -2.16. The maximum atomic E-state index is 12.5. The van der Waals surface area contributed by atoms with Crippen LogP contribution >= 0.6 is 11.8 Å². The SMILES string of the molecule is COc1ccc(OC(C)c2nnc(SCC(=O)Nc3ccc4c(c3)OCO4)n2C(C)C)cc1. The fourth-order valence-corrected chi connectivity index (χ4v) is 4.24. The number of benzene rings is 2. The fraction of sp³-hybridized carbons (Fsp3) is 0.348. The van der Waals surface area contributed by atoms with Crippen LogP contribution in [-0.2, 0) is 4.79 Å². The number of fused-ring (bicyclic) bond motifs is 1. The van der Waals surface area contributed by atoms with Gasteiger partial charge in [0.25, 0.3) is 0 Å². The number of hydrogen-bond donors (Lipinski definition) is 1. The Morgan fingerprint density at radius 2 is 1.82 bits per heavy atom. The molecule has 174 valence electrons. The average Bonchev–Trinajstić information content (AvgIpc) is 3.45. The molecule has 0 bridgehead atoms. The van der Waals surface area contributed by atoms with Gasteiger partial charge in [0.15, 0.2) is 28.6 Å². The van der Waals surface area contributed by atoms with Gasteiger partial charge >= 0.3 is 0 Å². The van der Waals surface area contributed by atoms with E-state index in [1.807, 2.05) is 49.6 Å². The summed E-state index contributed by atoms with van der Waals surface area (Å²) in [6.45, 7) is 6.21. The summed E-state index contributed by atoms with van der Waals surface area (Å²) in [6.07, 6.45) is -0.329. The minimum absolute atomic E-state index is 0.0938. The first-order valence-corrected chi connectivity index (χ1v) is 11.5. The lowest BCUT2D eigenvalue weighted by molar-refractivity contribution is -0.113. The van der Waals surface area contributed by atoms with Crippen molar-refractivity contribution >= 4 is 23.4 Å². The summed E-state index contributed by atoms with van der Waals surface area (Å²) in [5, 5.41) is 12.2. The standard InChI is InChI=1S/C23H26N4O5S/c1-14(2)27-22(15(3)32-18-8-6-17(29-4)7-9-18)25-26-23(27)33-12-21(28)24-16-5-10-19-20(11-16)31-13-30-19/h5-11,14-15H,12-13H2,1-4H3,(H,24,28). The first-order chi connectivity index (χ1) is 15.9. The number of carbonyl (C=O) groups excluding carboxylic acids is 1. The number of ether oxygens (including phenoxy) is 4. The maximum absolute atomic E-state index is 12.5. The number of rotatable bonds is 9. The van der Waals surface area contributed by atoms with Crippen LogP contribution < -0.4 is 24.3 Å². The first kappa shape index (κ1) is 22.8. The largest absolute Gasteiger partial charge is 0.497 e. The zero-order valence-corrected chi connectivity index (χ0v) is 19.7. The molecule has 0 radical (unpaired) electrons. The summed E-state index contributed by atoms with van der Waals surface area (Å²) in [5.41, 5.74) is 0.650. The van der Waals surface area contributed by atoms with Crippen molar-refractivity contribution in [1.29, 1.82) is 0 Å². The number of methoxy groups -OCH3 is 1. The molecule has 1 N–H and O–H groups in total. The van der Waals surface area contributed by atoms with Crippen molar-refractivity contribution in [2.75, 3.05) is 25.0 Å². The van der Waals surface area contributed by atoms with E-state index >= 15 is 0 Å². The highest BCUT2D eigenvalue weighted by Crippen LogP contribution is 2.34. The third-order valence-corrected chi connectivity index (χ3v) is 5.87. The van der Waals surface area contributed by atoms with Gasteiger partial charge in [-0.05, 0) is 57.2 Å². The number of hydrogen-bond acceptors (Lipinski definition) is 8. The van der Waals surface area contributed by atoms with Gasteiger partial charge in [0, 0.05) is 17.8 Å². The molecule has 1 amide bonds. The Bertz CT molecular complexity index is 1120. The minimum Gasteiger partial charge on any atom is -0.497 e. The van der Waals surface area contributed by atoms with Gasteiger partial charge in [-0.3, -0.25) is 4.79 Å². The molecule has 10 heteroatoms. The molecule has 0 saturated carbocycles. The lowest BCUT2D eigenvalue weighted by Gasteiger charge is -2.19. The number of nitrogens with one attached hydrogen (secondary N) is 1. The second-order valence-electron chi connectivity index (χ2n) is 7.65. The maximum Gasteiger partial charge on any atom is 0.234 e. The fourth-order valence-electron chi connectivity index (χ4n) is 3.36. The Kier molecular flexibility index (Phi) is 6.93. The van der Waals surface area contributed by atoms with E-state index in [1.54, 1.807) is 25.3 Å². The van der Waals surface area contributed by atoms with E-state index in [1.165, 1.54) is 11.8 Å². The highest BCUT2D eigenvalue weighted by atomic mass is 32.2. The van der Waals surface area contributed by atoms with Gasteiger partial charge in [-0.1, -0.05) is 11.8 Å². The third-order valence-electron chi connectivity index (χ3n) is 4.93. The molecule has 0 aliphatic carbocycles. The van der Waals surface area contributed by atoms with Crippen LogP contribution in [0.15, 0.2) is 47.6 Å². The Balaban J connectivity index is 1.40. The van der Waals surface area contributed by atoms with Crippen molar-refractivity contribution in [2.45, 2.75) is 38.1 Å². The molecule has 1 atom stereocenters. The van der Waals surface area contributed by atoms with Crippen molar-refractivity contribution in [3.8, 4) is 23.0 Å². The molecular weight excluding hydrogens is 444 g/mol. The van der Waals surface area contributed by atoms with Crippen molar-refractivity contribution in [2.24, 2.45) is 0 Å². The lowest BCUT2D eigenvalue weighted by atomic mass is 10.3. The number of carbonyl (C=O) groups is 1. The van der Waals surface area contributed by atoms with E-state index in [2.05, 4.69) is 15.5 Å². The topological polar surface area (TPSA) is 96.7 Å². The average molecular weight is 471 g/mol. The highest BCUT2D eigenvalue weighted by Gasteiger charge is 2.22. The van der Waals surface area contributed by atoms with Gasteiger partial charge in [-0.15, -0.1) is 10.2 Å². The van der Waals surface area contributed by atoms with Crippen LogP contribution in [-0.4, -0.2) is 40.3 Å². The van der Waals surface area contributed by atoms with Crippen LogP contribution in [0.1, 0.15) is 38.7 Å². The molecule has 33 heavy (non-hydrogen) atoms. The molecule has 0 spiro atoms. The van der Waals surface area contributed by atoms with E-state index in [0.717, 1.165) is 5.75 Å². The van der Waals surface area contributed by atoms with Crippen LogP contribution in [0.2, 0.25) is 0 Å². The summed E-state index contributed by atoms with van der Waals surface area (Å²) >= 11 is 1.33. The Morgan fingerprint density at radius 1 is 1.09 bits per heavy atom. The Morgan fingerprint density at radius 3 is 2.55 bits per heavy atom. The Hall–Kier alpha value is -3.40. The number of thioether (sulfide) groups is 1. The van der Waals surface area contributed by atoms with Crippen LogP contribution in [0.3, 0.4) is 0 Å². The van der Waals surface area contributed by atoms with E-state index in [0.29, 0.717) is 33.9 Å². The van der Waals surface area contributed by atoms with Crippen LogP contribution in [0.25, 0.3) is 0 Å². The summed E-state index contributed by atoms with van der Waals surface area (Å²) in [7, 11) is 1.62. The van der Waals surface area contributed by atoms with Crippen LogP contribution in [0.5, 0.6) is 23.0 Å². The van der Waals surface area contributed by atoms with Crippen molar-refractivity contribution in [1.82, 2.24) is 14.8 Å². The summed E-state index contributed by atoms with van der Waals surface area (Å²) < 4.78 is 23.9. The second kappa shape index (κ2) is 10.0. The molecule has 1 unspecified atom stereocenters. The number of aromatic nitrogens is 3. The molecular formula is C23H26N4O5S. The summed E-state index contributed by atoms with van der Waals surface area (Å²) in [6, 6.07) is 12.8. The van der Waals surface area contributed by atoms with Gasteiger partial charge in [0.1, 0.15) is 11.5 Å². The van der Waals surface area contributed by atoms with Crippen LogP contribution in [0, 0.1) is 0 Å². The normalized spacial score (nSPS) is 13.1. The van der Waals surface area contributed by atoms with Crippen LogP contribution in [0.4, 0.5) is 5.69 Å². The molecule has 1 aromatic heterocycles. The molecule has 1 aliphatic rings. The highest BCUT2D eigenvalue weighted by molar-refractivity contribution is 7.99. The van der Waals surface area contributed by atoms with Gasteiger partial charge in [0.05, 0.1) is 12.9 Å². The minimum atomic E-state index is -0.329. The van der Waals surface area contributed by atoms with Gasteiger partial charge in [0.2, 0.25) is 12.7 Å². The molecule has 9 nitrogen and oxygen atoms in total. The number of nitrogens with zero attached hydrogens (tertiary/aromatic N) is 3. The van der Waals surface area contributed by atoms with Crippen molar-refractivity contribution < 1.29 is 23.7 Å². The van der Waals surface area contributed by atoms with Crippen molar-refractivity contribution in [3.63, 3.8) is 0 Å². The summed E-state index contributed by atoms with van der Waals surface area (Å²) in [5.74, 6) is 3.49. The molecule has 4 rings (SSSR count). The van der Waals surface area contributed by atoms with Gasteiger partial charge in [-0.2, -0.15) is 0 Å². The van der Waals surface area contributed by atoms with E-state index in [9.17, 15) is 4.79 Å². The third kappa shape index (κ3) is 5.33. The summed E-state index contributed by atoms with van der Waals surface area (Å²) in [4.78, 5) is 12.5. The smallest absolute Gasteiger partial charge is 0.234 e. The number of amides is 1. The molecule has 0 saturated heterocycles. The molecule has 3 aromatic rings. The van der Waals surface area contributed by atoms with E-state index in [-0.39, 0.29) is 30.6 Å². The molecule has 2 heterocycles. The predicted molar refractivity (Wildman–Crippen MR) is 124 cm³/mol. The molecule has 1 aliphatic heterocycles. The zero-order valence-electron chi connectivity index (χ0n) is 18.9. The van der Waals surface area contributed by atoms with E-state index < -0.39 is 0 Å². The van der Waals surface area contributed by atoms with Crippen molar-refractivity contribution in [3.05, 3.63) is 48.3 Å². The zero-order chi connectivity index (χ0) is 23.4. The first-order valence-electron chi connectivity index (χ1n) is 10.5.